The number of carbonyl (C=O) groups is 1. The number of pyridine rings is 1. The molecule has 7 rings (SSSR count). The van der Waals surface area contributed by atoms with Crippen LogP contribution in [0, 0.1) is 22.9 Å². The number of anilines is 1. The normalized spacial score (nSPS) is 19.8. The van der Waals surface area contributed by atoms with Crippen LogP contribution in [0.4, 0.5) is 23.8 Å². The van der Waals surface area contributed by atoms with Gasteiger partial charge in [-0.3, -0.25) is 9.88 Å². The molecule has 2 aliphatic heterocycles. The first-order valence-corrected chi connectivity index (χ1v) is 16.3. The standard InChI is InChI=1S/C35H38F3N5O6/c1-34(2,3)49-33(45)43-20-6-7-21(43)15-42(14-20)31-24-13-39-29(28(38)30(24)40-32(41-31)47-17-35(16-44)9-10-35)23-12-22(48-18-46-4)11-19-5-8-25(36)27(37)26(19)23/h5,8,11-13,20-21,44H,6-7,9-10,14-18H2,1-4H3. The molecule has 2 unspecified atom stereocenters. The Morgan fingerprint density at radius 3 is 2.43 bits per heavy atom. The Kier molecular flexibility index (Phi) is 8.42. The second-order valence-corrected chi connectivity index (χ2v) is 14.1. The van der Waals surface area contributed by atoms with Crippen molar-refractivity contribution < 1.29 is 42.0 Å². The maximum Gasteiger partial charge on any atom is 0.410 e. The van der Waals surface area contributed by atoms with E-state index < -0.39 is 28.5 Å². The van der Waals surface area contributed by atoms with E-state index in [0.717, 1.165) is 31.7 Å². The summed E-state index contributed by atoms with van der Waals surface area (Å²) in [6, 6.07) is 4.83. The summed E-state index contributed by atoms with van der Waals surface area (Å²) in [6.07, 6.45) is 4.12. The van der Waals surface area contributed by atoms with Crippen LogP contribution < -0.4 is 14.4 Å². The van der Waals surface area contributed by atoms with Gasteiger partial charge in [-0.1, -0.05) is 6.07 Å². The molecule has 1 aliphatic carbocycles. The van der Waals surface area contributed by atoms with Crippen LogP contribution in [0.25, 0.3) is 32.9 Å². The highest BCUT2D eigenvalue weighted by molar-refractivity contribution is 6.00. The van der Waals surface area contributed by atoms with Gasteiger partial charge in [0.05, 0.1) is 30.7 Å². The van der Waals surface area contributed by atoms with Gasteiger partial charge in [-0.15, -0.1) is 0 Å². The summed E-state index contributed by atoms with van der Waals surface area (Å²) < 4.78 is 69.0. The number of benzene rings is 2. The largest absolute Gasteiger partial charge is 0.468 e. The zero-order valence-corrected chi connectivity index (χ0v) is 27.8. The fraction of sp³-hybridized carbons (Fsp3) is 0.486. The molecule has 49 heavy (non-hydrogen) atoms. The summed E-state index contributed by atoms with van der Waals surface area (Å²) >= 11 is 0. The molecule has 1 N–H and O–H groups in total. The quantitative estimate of drug-likeness (QED) is 0.211. The predicted octanol–water partition coefficient (Wildman–Crippen LogP) is 5.98. The molecule has 4 heterocycles. The van der Waals surface area contributed by atoms with E-state index in [1.165, 1.54) is 31.5 Å². The van der Waals surface area contributed by atoms with Crippen LogP contribution in [-0.2, 0) is 9.47 Å². The topological polar surface area (TPSA) is 119 Å². The number of aliphatic hydroxyl groups excluding tert-OH is 1. The molecular formula is C35H38F3N5O6. The number of methoxy groups -OCH3 is 1. The van der Waals surface area contributed by atoms with Gasteiger partial charge in [0.25, 0.3) is 0 Å². The van der Waals surface area contributed by atoms with E-state index >= 15 is 8.78 Å². The summed E-state index contributed by atoms with van der Waals surface area (Å²) in [5.41, 5.74) is -1.49. The molecule has 3 aliphatic rings. The highest BCUT2D eigenvalue weighted by Gasteiger charge is 2.46. The minimum absolute atomic E-state index is 0.0381. The first-order valence-electron chi connectivity index (χ1n) is 16.3. The van der Waals surface area contributed by atoms with Crippen molar-refractivity contribution in [1.29, 1.82) is 0 Å². The van der Waals surface area contributed by atoms with E-state index in [4.69, 9.17) is 23.9 Å². The molecule has 0 radical (unpaired) electrons. The maximum absolute atomic E-state index is 16.9. The first kappa shape index (κ1) is 33.1. The average Bonchev–Trinajstić information content (AvgIpc) is 3.80. The van der Waals surface area contributed by atoms with Gasteiger partial charge in [-0.05, 0) is 70.0 Å². The van der Waals surface area contributed by atoms with Crippen molar-refractivity contribution in [3.8, 4) is 23.0 Å². The number of amides is 1. The molecule has 14 heteroatoms. The lowest BCUT2D eigenvalue weighted by Crippen LogP contribution is -2.57. The molecule has 1 amide bonds. The van der Waals surface area contributed by atoms with Crippen molar-refractivity contribution in [3.63, 3.8) is 0 Å². The SMILES string of the molecule is COCOc1cc(-c2ncc3c(N4CC5CCC(C4)N5C(=O)OC(C)(C)C)nc(OCC4(CO)CC4)nc3c2F)c2c(F)c(F)ccc2c1. The minimum Gasteiger partial charge on any atom is -0.468 e. The lowest BCUT2D eigenvalue weighted by atomic mass is 9.99. The lowest BCUT2D eigenvalue weighted by Gasteiger charge is -2.42. The number of hydrogen-bond acceptors (Lipinski definition) is 10. The van der Waals surface area contributed by atoms with Crippen molar-refractivity contribution in [2.24, 2.45) is 5.41 Å². The van der Waals surface area contributed by atoms with Gasteiger partial charge in [0.15, 0.2) is 24.2 Å². The summed E-state index contributed by atoms with van der Waals surface area (Å²) in [6.45, 7) is 6.23. The number of aromatic nitrogens is 3. The van der Waals surface area contributed by atoms with E-state index in [1.54, 1.807) is 4.90 Å². The molecule has 4 aromatic rings. The van der Waals surface area contributed by atoms with Gasteiger partial charge in [-0.2, -0.15) is 9.97 Å². The van der Waals surface area contributed by atoms with Gasteiger partial charge >= 0.3 is 12.1 Å². The van der Waals surface area contributed by atoms with E-state index in [0.29, 0.717) is 18.9 Å². The molecule has 11 nitrogen and oxygen atoms in total. The summed E-state index contributed by atoms with van der Waals surface area (Å²) in [4.78, 5) is 30.5. The second-order valence-electron chi connectivity index (χ2n) is 14.1. The van der Waals surface area contributed by atoms with E-state index in [1.807, 2.05) is 25.7 Å². The van der Waals surface area contributed by atoms with Gasteiger partial charge in [0.1, 0.15) is 28.4 Å². The average molecular weight is 682 g/mol. The second kappa shape index (κ2) is 12.5. The number of fused-ring (bicyclic) bond motifs is 4. The Morgan fingerprint density at radius 2 is 1.78 bits per heavy atom. The minimum atomic E-state index is -1.16. The molecule has 2 atom stereocenters. The van der Waals surface area contributed by atoms with Crippen LogP contribution >= 0.6 is 0 Å². The van der Waals surface area contributed by atoms with Crippen molar-refractivity contribution >= 4 is 33.6 Å². The van der Waals surface area contributed by atoms with Crippen molar-refractivity contribution in [2.75, 3.05) is 45.1 Å². The van der Waals surface area contributed by atoms with Crippen LogP contribution in [0.15, 0.2) is 30.5 Å². The van der Waals surface area contributed by atoms with Crippen LogP contribution in [0.2, 0.25) is 0 Å². The molecule has 260 valence electrons. The predicted molar refractivity (Wildman–Crippen MR) is 174 cm³/mol. The molecule has 1 saturated carbocycles. The van der Waals surface area contributed by atoms with Gasteiger partial charge in [0, 0.05) is 42.8 Å². The van der Waals surface area contributed by atoms with Gasteiger partial charge in [0.2, 0.25) is 0 Å². The molecule has 2 bridgehead atoms. The zero-order valence-electron chi connectivity index (χ0n) is 27.8. The van der Waals surface area contributed by atoms with E-state index in [9.17, 15) is 14.3 Å². The number of ether oxygens (including phenoxy) is 4. The van der Waals surface area contributed by atoms with Gasteiger partial charge in [-0.25, -0.2) is 18.0 Å². The molecular weight excluding hydrogens is 643 g/mol. The highest BCUT2D eigenvalue weighted by atomic mass is 19.2. The number of aliphatic hydroxyl groups is 1. The number of nitrogens with zero attached hydrogens (tertiary/aromatic N) is 5. The van der Waals surface area contributed by atoms with Crippen LogP contribution in [-0.4, -0.2) is 88.9 Å². The zero-order chi connectivity index (χ0) is 34.7. The fourth-order valence-electron chi connectivity index (χ4n) is 6.71. The fourth-order valence-corrected chi connectivity index (χ4v) is 6.71. The van der Waals surface area contributed by atoms with E-state index in [-0.39, 0.29) is 82.9 Å². The van der Waals surface area contributed by atoms with Crippen molar-refractivity contribution in [3.05, 3.63) is 47.9 Å². The van der Waals surface area contributed by atoms with Crippen LogP contribution in [0.1, 0.15) is 46.5 Å². The third-order valence-corrected chi connectivity index (χ3v) is 9.41. The Labute approximate surface area is 280 Å². The Hall–Kier alpha value is -4.43. The summed E-state index contributed by atoms with van der Waals surface area (Å²) in [5, 5.41) is 10.2. The molecule has 0 spiro atoms. The van der Waals surface area contributed by atoms with Crippen molar-refractivity contribution in [1.82, 2.24) is 19.9 Å². The first-order chi connectivity index (χ1) is 23.4. The number of piperazine rings is 1. The third kappa shape index (κ3) is 6.27. The van der Waals surface area contributed by atoms with Crippen LogP contribution in [0.3, 0.4) is 0 Å². The highest BCUT2D eigenvalue weighted by Crippen LogP contribution is 2.45. The van der Waals surface area contributed by atoms with E-state index in [2.05, 4.69) is 9.97 Å². The molecule has 2 aromatic carbocycles. The maximum atomic E-state index is 16.9. The molecule has 3 fully saturated rings. The summed E-state index contributed by atoms with van der Waals surface area (Å²) in [5.74, 6) is -2.54. The smallest absolute Gasteiger partial charge is 0.410 e. The van der Waals surface area contributed by atoms with Crippen LogP contribution in [0.5, 0.6) is 11.8 Å². The Bertz CT molecular complexity index is 1920. The summed E-state index contributed by atoms with van der Waals surface area (Å²) in [7, 11) is 1.44. The molecule has 2 saturated heterocycles. The Balaban J connectivity index is 1.33. The number of halogens is 3. The Morgan fingerprint density at radius 1 is 1.04 bits per heavy atom. The van der Waals surface area contributed by atoms with Gasteiger partial charge < -0.3 is 29.0 Å². The number of rotatable bonds is 9. The lowest BCUT2D eigenvalue weighted by molar-refractivity contribution is 0.0122. The number of hydrogen-bond donors (Lipinski definition) is 1. The monoisotopic (exact) mass is 681 g/mol. The number of carbonyl (C=O) groups excluding carboxylic acids is 1. The van der Waals surface area contributed by atoms with Crippen molar-refractivity contribution in [2.45, 2.75) is 64.1 Å². The molecule has 2 aromatic heterocycles. The third-order valence-electron chi connectivity index (χ3n) is 9.41.